The third-order valence-electron chi connectivity index (χ3n) is 2.33. The Hall–Kier alpha value is -1.31. The van der Waals surface area contributed by atoms with E-state index >= 15 is 0 Å². The maximum Gasteiger partial charge on any atom is 0.246 e. The van der Waals surface area contributed by atoms with Gasteiger partial charge >= 0.3 is 0 Å². The Balaban J connectivity index is 4.26. The summed E-state index contributed by atoms with van der Waals surface area (Å²) in [6.45, 7) is 12.5. The molecule has 0 rings (SSSR count). The predicted octanol–water partition coefficient (Wildman–Crippen LogP) is 3.37. The van der Waals surface area contributed by atoms with E-state index in [1.165, 1.54) is 11.1 Å². The molecule has 2 heteroatoms. The highest BCUT2D eigenvalue weighted by atomic mass is 16.1. The third-order valence-corrected chi connectivity index (χ3v) is 2.33. The largest absolute Gasteiger partial charge is 0.349 e. The second-order valence-corrected chi connectivity index (χ2v) is 4.06. The summed E-state index contributed by atoms with van der Waals surface area (Å²) in [5, 5.41) is 2.87. The van der Waals surface area contributed by atoms with Gasteiger partial charge in [0.15, 0.2) is 0 Å². The number of nitrogens with one attached hydrogen (secondary N) is 1. The van der Waals surface area contributed by atoms with Crippen molar-refractivity contribution in [1.82, 2.24) is 5.32 Å². The lowest BCUT2D eigenvalue weighted by atomic mass is 10.1. The van der Waals surface area contributed by atoms with Gasteiger partial charge in [0.1, 0.15) is 0 Å². The molecule has 0 aliphatic heterocycles. The van der Waals surface area contributed by atoms with Crippen molar-refractivity contribution in [3.05, 3.63) is 35.5 Å². The van der Waals surface area contributed by atoms with Gasteiger partial charge in [0.25, 0.3) is 0 Å². The van der Waals surface area contributed by atoms with Gasteiger partial charge in [-0.05, 0) is 26.7 Å². The first-order valence-electron chi connectivity index (χ1n) is 5.80. The topological polar surface area (TPSA) is 29.1 Å². The van der Waals surface area contributed by atoms with Crippen LogP contribution in [0, 0.1) is 0 Å². The summed E-state index contributed by atoms with van der Waals surface area (Å²) in [7, 11) is 0. The maximum atomic E-state index is 11.5. The van der Waals surface area contributed by atoms with E-state index in [2.05, 4.69) is 44.8 Å². The first kappa shape index (κ1) is 14.7. The van der Waals surface area contributed by atoms with Crippen LogP contribution >= 0.6 is 0 Å². The first-order chi connectivity index (χ1) is 7.51. The zero-order chi connectivity index (χ0) is 12.6. The van der Waals surface area contributed by atoms with Crippen LogP contribution in [0.25, 0.3) is 0 Å². The molecule has 0 aromatic carbocycles. The molecule has 1 N–H and O–H groups in total. The Morgan fingerprint density at radius 1 is 1.19 bits per heavy atom. The van der Waals surface area contributed by atoms with Gasteiger partial charge in [-0.2, -0.15) is 0 Å². The first-order valence-corrected chi connectivity index (χ1v) is 5.80. The summed E-state index contributed by atoms with van der Waals surface area (Å²) in [6.07, 6.45) is 5.79. The number of hydrogen-bond acceptors (Lipinski definition) is 1. The fourth-order valence-electron chi connectivity index (χ4n) is 1.07. The van der Waals surface area contributed by atoms with E-state index < -0.39 is 0 Å². The minimum Gasteiger partial charge on any atom is -0.349 e. The Morgan fingerprint density at radius 2 is 1.81 bits per heavy atom. The number of rotatable bonds is 6. The predicted molar refractivity (Wildman–Crippen MR) is 70.2 cm³/mol. The van der Waals surface area contributed by atoms with Gasteiger partial charge in [0.2, 0.25) is 5.91 Å². The Kier molecular flexibility index (Phi) is 7.27. The molecule has 0 atom stereocenters. The second kappa shape index (κ2) is 7.91. The van der Waals surface area contributed by atoms with Crippen LogP contribution in [0.15, 0.2) is 35.5 Å². The summed E-state index contributed by atoms with van der Waals surface area (Å²) in [4.78, 5) is 11.5. The van der Waals surface area contributed by atoms with Crippen molar-refractivity contribution in [2.75, 3.05) is 6.54 Å². The highest BCUT2D eigenvalue weighted by molar-refractivity contribution is 5.92. The average molecular weight is 221 g/mol. The van der Waals surface area contributed by atoms with Crippen LogP contribution in [0.5, 0.6) is 0 Å². The normalized spacial score (nSPS) is 10.9. The lowest BCUT2D eigenvalue weighted by Crippen LogP contribution is -2.26. The molecule has 0 aliphatic carbocycles. The van der Waals surface area contributed by atoms with Crippen molar-refractivity contribution in [1.29, 1.82) is 0 Å². The number of carbonyl (C=O) groups excluding carboxylic acids is 1. The van der Waals surface area contributed by atoms with Crippen molar-refractivity contribution in [3.8, 4) is 0 Å². The van der Waals surface area contributed by atoms with Crippen molar-refractivity contribution < 1.29 is 4.79 Å². The molecular weight excluding hydrogens is 198 g/mol. The van der Waals surface area contributed by atoms with E-state index in [0.29, 0.717) is 18.5 Å². The summed E-state index contributed by atoms with van der Waals surface area (Å²) < 4.78 is 0. The molecule has 90 valence electrons. The molecule has 0 saturated carbocycles. The average Bonchev–Trinajstić information content (AvgIpc) is 2.27. The van der Waals surface area contributed by atoms with Crippen molar-refractivity contribution in [2.24, 2.45) is 0 Å². The molecular formula is C14H23NO. The van der Waals surface area contributed by atoms with Gasteiger partial charge in [-0.15, -0.1) is 0 Å². The summed E-state index contributed by atoms with van der Waals surface area (Å²) >= 11 is 0. The monoisotopic (exact) mass is 221 g/mol. The number of hydrogen-bond donors (Lipinski definition) is 1. The lowest BCUT2D eigenvalue weighted by Gasteiger charge is -2.07. The van der Waals surface area contributed by atoms with Crippen molar-refractivity contribution in [3.63, 3.8) is 0 Å². The quantitative estimate of drug-likeness (QED) is 0.540. The molecule has 0 fully saturated rings. The van der Waals surface area contributed by atoms with Crippen molar-refractivity contribution in [2.45, 2.75) is 40.5 Å². The van der Waals surface area contributed by atoms with E-state index in [-0.39, 0.29) is 5.91 Å². The molecule has 0 unspecified atom stereocenters. The van der Waals surface area contributed by atoms with Gasteiger partial charge < -0.3 is 5.32 Å². The molecule has 1 amide bonds. The highest BCUT2D eigenvalue weighted by Crippen LogP contribution is 2.02. The summed E-state index contributed by atoms with van der Waals surface area (Å²) in [5.74, 6) is -0.0425. The Bertz CT molecular complexity index is 307. The Labute approximate surface area is 99.1 Å². The molecule has 16 heavy (non-hydrogen) atoms. The molecule has 0 bridgehead atoms. The SMILES string of the molecule is C=C(CC)C(=O)NC/C(=C/C=C(C)C)CC. The minimum atomic E-state index is -0.0425. The van der Waals surface area contributed by atoms with E-state index in [1.54, 1.807) is 0 Å². The molecule has 0 radical (unpaired) electrons. The van der Waals surface area contributed by atoms with Crippen LogP contribution in [0.3, 0.4) is 0 Å². The molecule has 0 aromatic heterocycles. The van der Waals surface area contributed by atoms with E-state index in [0.717, 1.165) is 6.42 Å². The fourth-order valence-corrected chi connectivity index (χ4v) is 1.07. The molecule has 0 heterocycles. The van der Waals surface area contributed by atoms with Gasteiger partial charge in [-0.25, -0.2) is 0 Å². The zero-order valence-electron chi connectivity index (χ0n) is 10.9. The summed E-state index contributed by atoms with van der Waals surface area (Å²) in [6, 6.07) is 0. The zero-order valence-corrected chi connectivity index (χ0v) is 10.9. The molecule has 0 aromatic rings. The van der Waals surface area contributed by atoms with Crippen LogP contribution in [-0.4, -0.2) is 12.5 Å². The minimum absolute atomic E-state index is 0.0425. The third kappa shape index (κ3) is 6.23. The van der Waals surface area contributed by atoms with Gasteiger partial charge in [-0.3, -0.25) is 4.79 Å². The van der Waals surface area contributed by atoms with Gasteiger partial charge in [0.05, 0.1) is 0 Å². The van der Waals surface area contributed by atoms with E-state index in [1.807, 2.05) is 6.92 Å². The lowest BCUT2D eigenvalue weighted by molar-refractivity contribution is -0.117. The second-order valence-electron chi connectivity index (χ2n) is 4.06. The Morgan fingerprint density at radius 3 is 2.25 bits per heavy atom. The number of allylic oxidation sites excluding steroid dienone is 3. The number of amides is 1. The molecule has 2 nitrogen and oxygen atoms in total. The van der Waals surface area contributed by atoms with Crippen LogP contribution in [0.4, 0.5) is 0 Å². The van der Waals surface area contributed by atoms with Gasteiger partial charge in [0, 0.05) is 12.1 Å². The molecule has 0 spiro atoms. The molecule has 0 saturated heterocycles. The van der Waals surface area contributed by atoms with E-state index in [4.69, 9.17) is 0 Å². The van der Waals surface area contributed by atoms with Crippen molar-refractivity contribution >= 4 is 5.91 Å². The standard InChI is InChI=1S/C14H23NO/c1-6-12(5)14(16)15-10-13(7-2)9-8-11(3)4/h8-9H,5-7,10H2,1-4H3,(H,15,16)/b13-9+. The fraction of sp³-hybridized carbons (Fsp3) is 0.500. The maximum absolute atomic E-state index is 11.5. The van der Waals surface area contributed by atoms with E-state index in [9.17, 15) is 4.79 Å². The highest BCUT2D eigenvalue weighted by Gasteiger charge is 2.03. The van der Waals surface area contributed by atoms with Gasteiger partial charge in [-0.1, -0.05) is 43.7 Å². The van der Waals surface area contributed by atoms with Crippen LogP contribution in [0.1, 0.15) is 40.5 Å². The smallest absolute Gasteiger partial charge is 0.246 e. The van der Waals surface area contributed by atoms with Crippen LogP contribution in [0.2, 0.25) is 0 Å². The summed E-state index contributed by atoms with van der Waals surface area (Å²) in [5.41, 5.74) is 3.12. The van der Waals surface area contributed by atoms with Crippen LogP contribution in [-0.2, 0) is 4.79 Å². The number of carbonyl (C=O) groups is 1. The molecule has 0 aliphatic rings. The van der Waals surface area contributed by atoms with Crippen LogP contribution < -0.4 is 5.32 Å².